The number of rotatable bonds is 9. The molecule has 2 aliphatic rings. The van der Waals surface area contributed by atoms with Crippen LogP contribution in [0.25, 0.3) is 0 Å². The van der Waals surface area contributed by atoms with Crippen LogP contribution >= 0.6 is 0 Å². The molecule has 1 saturated heterocycles. The van der Waals surface area contributed by atoms with Crippen molar-refractivity contribution >= 4 is 17.7 Å². The van der Waals surface area contributed by atoms with Gasteiger partial charge in [0.25, 0.3) is 5.91 Å². The first-order valence-corrected chi connectivity index (χ1v) is 13.0. The molecule has 2 heterocycles. The van der Waals surface area contributed by atoms with E-state index in [0.29, 0.717) is 24.7 Å². The van der Waals surface area contributed by atoms with Crippen molar-refractivity contribution in [3.8, 4) is 5.75 Å². The summed E-state index contributed by atoms with van der Waals surface area (Å²) in [7, 11) is 0. The van der Waals surface area contributed by atoms with Gasteiger partial charge in [-0.3, -0.25) is 4.79 Å². The number of anilines is 2. The van der Waals surface area contributed by atoms with E-state index in [1.165, 1.54) is 44.9 Å². The number of ether oxygens (including phenoxy) is 1. The zero-order valence-electron chi connectivity index (χ0n) is 20.8. The summed E-state index contributed by atoms with van der Waals surface area (Å²) in [4.78, 5) is 26.6. The van der Waals surface area contributed by atoms with Gasteiger partial charge < -0.3 is 19.9 Å². The third-order valence-electron chi connectivity index (χ3n) is 6.79. The van der Waals surface area contributed by atoms with Gasteiger partial charge in [-0.05, 0) is 50.5 Å². The van der Waals surface area contributed by atoms with Crippen molar-refractivity contribution in [3.05, 3.63) is 41.6 Å². The quantitative estimate of drug-likeness (QED) is 0.522. The second-order valence-corrected chi connectivity index (χ2v) is 9.53. The second-order valence-electron chi connectivity index (χ2n) is 9.53. The van der Waals surface area contributed by atoms with Gasteiger partial charge in [0.2, 0.25) is 5.95 Å². The van der Waals surface area contributed by atoms with Crippen molar-refractivity contribution < 1.29 is 9.53 Å². The largest absolute Gasteiger partial charge is 0.494 e. The smallest absolute Gasteiger partial charge is 0.253 e. The van der Waals surface area contributed by atoms with Gasteiger partial charge >= 0.3 is 0 Å². The second kappa shape index (κ2) is 12.0. The van der Waals surface area contributed by atoms with Crippen molar-refractivity contribution in [2.75, 3.05) is 43.0 Å². The lowest BCUT2D eigenvalue weighted by Gasteiger charge is -2.35. The van der Waals surface area contributed by atoms with Gasteiger partial charge in [-0.15, -0.1) is 0 Å². The maximum atomic E-state index is 13.0. The lowest BCUT2D eigenvalue weighted by atomic mass is 9.96. The first-order chi connectivity index (χ1) is 16.6. The highest BCUT2D eigenvalue weighted by atomic mass is 16.5. The summed E-state index contributed by atoms with van der Waals surface area (Å²) in [5, 5.41) is 3.55. The van der Waals surface area contributed by atoms with Gasteiger partial charge in [-0.1, -0.05) is 39.0 Å². The molecule has 1 aliphatic carbocycles. The number of benzene rings is 1. The van der Waals surface area contributed by atoms with Crippen LogP contribution in [-0.2, 0) is 0 Å². The Morgan fingerprint density at radius 3 is 2.47 bits per heavy atom. The van der Waals surface area contributed by atoms with Crippen molar-refractivity contribution in [2.45, 2.75) is 71.3 Å². The number of carbonyl (C=O) groups excluding carboxylic acids is 1. The third kappa shape index (κ3) is 6.61. The van der Waals surface area contributed by atoms with Crippen LogP contribution < -0.4 is 15.0 Å². The van der Waals surface area contributed by atoms with Crippen LogP contribution in [0.15, 0.2) is 30.3 Å². The Bertz CT molecular complexity index is 919. The normalized spacial score (nSPS) is 17.0. The molecule has 1 amide bonds. The topological polar surface area (TPSA) is 70.6 Å². The van der Waals surface area contributed by atoms with Gasteiger partial charge in [0.1, 0.15) is 11.6 Å². The number of unbranched alkanes of at least 4 members (excludes halogenated alkanes) is 2. The van der Waals surface area contributed by atoms with Crippen molar-refractivity contribution in [3.63, 3.8) is 0 Å². The molecule has 0 bridgehead atoms. The van der Waals surface area contributed by atoms with Crippen LogP contribution in [0.1, 0.15) is 74.3 Å². The summed E-state index contributed by atoms with van der Waals surface area (Å²) >= 11 is 0. The first-order valence-electron chi connectivity index (χ1n) is 13.0. The lowest BCUT2D eigenvalue weighted by Crippen LogP contribution is -2.49. The summed E-state index contributed by atoms with van der Waals surface area (Å²) in [6, 6.07) is 10.1. The van der Waals surface area contributed by atoms with Gasteiger partial charge in [-0.2, -0.15) is 4.98 Å². The summed E-state index contributed by atoms with van der Waals surface area (Å²) in [6.07, 6.45) is 9.69. The fourth-order valence-electron chi connectivity index (χ4n) is 4.77. The van der Waals surface area contributed by atoms with Crippen LogP contribution in [0.5, 0.6) is 5.75 Å². The van der Waals surface area contributed by atoms with Crippen LogP contribution in [0.2, 0.25) is 0 Å². The molecule has 34 heavy (non-hydrogen) atoms. The molecular weight excluding hydrogens is 426 g/mol. The highest BCUT2D eigenvalue weighted by Crippen LogP contribution is 2.23. The zero-order valence-corrected chi connectivity index (χ0v) is 20.8. The van der Waals surface area contributed by atoms with E-state index in [1.54, 1.807) is 0 Å². The number of hydrogen-bond acceptors (Lipinski definition) is 6. The predicted molar refractivity (Wildman–Crippen MR) is 137 cm³/mol. The maximum absolute atomic E-state index is 13.0. The van der Waals surface area contributed by atoms with Crippen LogP contribution in [0.3, 0.4) is 0 Å². The van der Waals surface area contributed by atoms with E-state index in [9.17, 15) is 4.79 Å². The minimum absolute atomic E-state index is 0.0794. The number of aryl methyl sites for hydroxylation is 1. The average Bonchev–Trinajstić information content (AvgIpc) is 2.87. The van der Waals surface area contributed by atoms with Crippen LogP contribution in [0.4, 0.5) is 11.8 Å². The fourth-order valence-corrected chi connectivity index (χ4v) is 4.77. The minimum atomic E-state index is 0.0794. The number of nitrogens with zero attached hydrogens (tertiary/aromatic N) is 4. The SMILES string of the molecule is CCCCCOc1ccc(C(=O)N2CCN(c3cc(C)nc(NC4CCCCC4)n3)CC2)cc1. The molecule has 2 fully saturated rings. The van der Waals surface area contributed by atoms with E-state index in [4.69, 9.17) is 9.72 Å². The Labute approximate surface area is 203 Å². The number of amides is 1. The van der Waals surface area contributed by atoms with Crippen molar-refractivity contribution in [1.29, 1.82) is 0 Å². The summed E-state index contributed by atoms with van der Waals surface area (Å²) in [5.41, 5.74) is 1.69. The highest BCUT2D eigenvalue weighted by Gasteiger charge is 2.24. The van der Waals surface area contributed by atoms with Gasteiger partial charge in [0, 0.05) is 49.5 Å². The molecule has 1 aromatic heterocycles. The molecule has 1 aromatic carbocycles. The number of aromatic nitrogens is 2. The van der Waals surface area contributed by atoms with E-state index in [1.807, 2.05) is 42.2 Å². The minimum Gasteiger partial charge on any atom is -0.494 e. The van der Waals surface area contributed by atoms with E-state index in [2.05, 4.69) is 22.1 Å². The summed E-state index contributed by atoms with van der Waals surface area (Å²) in [5.74, 6) is 2.59. The van der Waals surface area contributed by atoms with E-state index in [-0.39, 0.29) is 5.91 Å². The number of nitrogens with one attached hydrogen (secondary N) is 1. The molecule has 1 N–H and O–H groups in total. The summed E-state index contributed by atoms with van der Waals surface area (Å²) in [6.45, 7) is 7.83. The Hall–Kier alpha value is -2.83. The number of hydrogen-bond donors (Lipinski definition) is 1. The zero-order chi connectivity index (χ0) is 23.8. The average molecular weight is 466 g/mol. The highest BCUT2D eigenvalue weighted by molar-refractivity contribution is 5.94. The van der Waals surface area contributed by atoms with Crippen LogP contribution in [0, 0.1) is 6.92 Å². The molecule has 0 atom stereocenters. The van der Waals surface area contributed by atoms with Gasteiger partial charge in [0.05, 0.1) is 6.61 Å². The molecule has 184 valence electrons. The van der Waals surface area contributed by atoms with Crippen LogP contribution in [-0.4, -0.2) is 59.6 Å². The maximum Gasteiger partial charge on any atom is 0.253 e. The van der Waals surface area contributed by atoms with Gasteiger partial charge in [0.15, 0.2) is 0 Å². The third-order valence-corrected chi connectivity index (χ3v) is 6.79. The van der Waals surface area contributed by atoms with Crippen molar-refractivity contribution in [1.82, 2.24) is 14.9 Å². The molecule has 0 radical (unpaired) electrons. The van der Waals surface area contributed by atoms with E-state index < -0.39 is 0 Å². The van der Waals surface area contributed by atoms with E-state index >= 15 is 0 Å². The standard InChI is InChI=1S/C27H39N5O2/c1-3-4-8-19-34-24-13-11-22(12-14-24)26(33)32-17-15-31(16-18-32)25-20-21(2)28-27(30-25)29-23-9-6-5-7-10-23/h11-14,20,23H,3-10,15-19H2,1-2H3,(H,28,29,30). The molecule has 1 aliphatic heterocycles. The molecule has 1 saturated carbocycles. The molecule has 2 aromatic rings. The predicted octanol–water partition coefficient (Wildman–Crippen LogP) is 5.06. The van der Waals surface area contributed by atoms with Gasteiger partial charge in [-0.25, -0.2) is 4.98 Å². The molecule has 0 unspecified atom stereocenters. The Balaban J connectivity index is 1.30. The Morgan fingerprint density at radius 1 is 1.03 bits per heavy atom. The number of carbonyl (C=O) groups is 1. The Kier molecular flexibility index (Phi) is 8.61. The fraction of sp³-hybridized carbons (Fsp3) is 0.593. The Morgan fingerprint density at radius 2 is 1.76 bits per heavy atom. The molecular formula is C27H39N5O2. The monoisotopic (exact) mass is 465 g/mol. The molecule has 7 nitrogen and oxygen atoms in total. The summed E-state index contributed by atoms with van der Waals surface area (Å²) < 4.78 is 5.77. The molecule has 4 rings (SSSR count). The number of piperazine rings is 1. The first kappa shape index (κ1) is 24.3. The molecule has 0 spiro atoms. The lowest BCUT2D eigenvalue weighted by molar-refractivity contribution is 0.0746. The van der Waals surface area contributed by atoms with E-state index in [0.717, 1.165) is 49.3 Å². The molecule has 7 heteroatoms. The van der Waals surface area contributed by atoms with Crippen molar-refractivity contribution in [2.24, 2.45) is 0 Å².